The van der Waals surface area contributed by atoms with Crippen LogP contribution in [0.3, 0.4) is 0 Å². The maximum atomic E-state index is 12.4. The van der Waals surface area contributed by atoms with E-state index in [1.807, 2.05) is 0 Å². The lowest BCUT2D eigenvalue weighted by Gasteiger charge is -2.19. The Bertz CT molecular complexity index is 1040. The van der Waals surface area contributed by atoms with Crippen molar-refractivity contribution in [3.05, 3.63) is 40.6 Å². The van der Waals surface area contributed by atoms with Gasteiger partial charge in [0.15, 0.2) is 12.4 Å². The van der Waals surface area contributed by atoms with Crippen molar-refractivity contribution in [2.24, 2.45) is 0 Å². The van der Waals surface area contributed by atoms with Gasteiger partial charge in [0, 0.05) is 11.6 Å². The first kappa shape index (κ1) is 22.7. The van der Waals surface area contributed by atoms with E-state index in [-0.39, 0.29) is 22.2 Å². The molecule has 1 amide bonds. The van der Waals surface area contributed by atoms with Crippen LogP contribution in [-0.4, -0.2) is 37.5 Å². The van der Waals surface area contributed by atoms with Gasteiger partial charge in [-0.05, 0) is 51.5 Å². The molecular weight excluding hydrogens is 424 g/mol. The highest BCUT2D eigenvalue weighted by Gasteiger charge is 2.26. The summed E-state index contributed by atoms with van der Waals surface area (Å²) in [6.45, 7) is 6.12. The van der Waals surface area contributed by atoms with E-state index < -0.39 is 39.1 Å². The van der Waals surface area contributed by atoms with Crippen LogP contribution in [-0.2, 0) is 14.8 Å². The van der Waals surface area contributed by atoms with Crippen molar-refractivity contribution in [2.75, 3.05) is 11.9 Å². The highest BCUT2D eigenvalue weighted by molar-refractivity contribution is 7.89. The highest BCUT2D eigenvalue weighted by atomic mass is 35.5. The molecule has 2 rings (SSSR count). The predicted molar refractivity (Wildman–Crippen MR) is 106 cm³/mol. The summed E-state index contributed by atoms with van der Waals surface area (Å²) < 4.78 is 37.3. The Kier molecular flexibility index (Phi) is 6.61. The minimum atomic E-state index is -3.94. The molecule has 0 unspecified atom stereocenters. The molecule has 1 aromatic carbocycles. The third-order valence-corrected chi connectivity index (χ3v) is 5.32. The number of carbonyl (C=O) groups excluding carboxylic acids is 1. The molecule has 1 aromatic heterocycles. The fourth-order valence-electron chi connectivity index (χ4n) is 2.27. The number of ether oxygens (including phenoxy) is 1. The first-order valence-electron chi connectivity index (χ1n) is 8.38. The van der Waals surface area contributed by atoms with Crippen molar-refractivity contribution in [3.63, 3.8) is 0 Å². The van der Waals surface area contributed by atoms with Crippen LogP contribution in [0.15, 0.2) is 33.8 Å². The van der Waals surface area contributed by atoms with Crippen LogP contribution in [0.4, 0.5) is 5.69 Å². The number of anilines is 1. The number of amides is 1. The molecular formula is C18H21ClN2O7S. The Morgan fingerprint density at radius 3 is 2.48 bits per heavy atom. The van der Waals surface area contributed by atoms with Gasteiger partial charge in [0.25, 0.3) is 15.9 Å². The van der Waals surface area contributed by atoms with Gasteiger partial charge in [-0.1, -0.05) is 11.6 Å². The van der Waals surface area contributed by atoms with Gasteiger partial charge in [-0.2, -0.15) is 0 Å². The molecule has 0 aliphatic carbocycles. The molecule has 0 spiro atoms. The molecule has 0 atom stereocenters. The van der Waals surface area contributed by atoms with Crippen molar-refractivity contribution in [1.82, 2.24) is 4.72 Å². The van der Waals surface area contributed by atoms with Crippen LogP contribution in [0.2, 0.25) is 5.02 Å². The van der Waals surface area contributed by atoms with Gasteiger partial charge in [-0.15, -0.1) is 0 Å². The molecule has 11 heteroatoms. The standard InChI is InChI=1S/C18H21ClN2O7S/c1-10-7-11(19)12(8-14(10)27-9-15(22)23)20-17(24)13-5-6-16(28-13)29(25,26)21-18(2,3)4/h5-8,21H,9H2,1-4H3,(H,20,24)(H,22,23). The molecule has 3 N–H and O–H groups in total. The van der Waals surface area contributed by atoms with Gasteiger partial charge in [-0.25, -0.2) is 17.9 Å². The Balaban J connectivity index is 2.22. The van der Waals surface area contributed by atoms with Crippen LogP contribution in [0.5, 0.6) is 5.75 Å². The van der Waals surface area contributed by atoms with Crippen LogP contribution in [0.1, 0.15) is 36.9 Å². The van der Waals surface area contributed by atoms with Crippen LogP contribution in [0, 0.1) is 6.92 Å². The summed E-state index contributed by atoms with van der Waals surface area (Å²) in [5.41, 5.74) is 0.000634. The third-order valence-electron chi connectivity index (χ3n) is 3.37. The molecule has 2 aromatic rings. The maximum Gasteiger partial charge on any atom is 0.341 e. The number of halogens is 1. The second-order valence-electron chi connectivity index (χ2n) is 7.21. The van der Waals surface area contributed by atoms with E-state index in [4.69, 9.17) is 25.9 Å². The Labute approximate surface area is 173 Å². The van der Waals surface area contributed by atoms with Crippen LogP contribution < -0.4 is 14.8 Å². The van der Waals surface area contributed by atoms with E-state index >= 15 is 0 Å². The predicted octanol–water partition coefficient (Wildman–Crippen LogP) is 3.03. The van der Waals surface area contributed by atoms with Gasteiger partial charge in [0.2, 0.25) is 5.09 Å². The van der Waals surface area contributed by atoms with Gasteiger partial charge < -0.3 is 19.6 Å². The monoisotopic (exact) mass is 444 g/mol. The third kappa shape index (κ3) is 6.21. The number of sulfonamides is 1. The number of benzene rings is 1. The fourth-order valence-corrected chi connectivity index (χ4v) is 3.89. The SMILES string of the molecule is Cc1cc(Cl)c(NC(=O)c2ccc(S(=O)(=O)NC(C)(C)C)o2)cc1OCC(=O)O. The quantitative estimate of drug-likeness (QED) is 0.597. The summed E-state index contributed by atoms with van der Waals surface area (Å²) in [6, 6.07) is 5.26. The summed E-state index contributed by atoms with van der Waals surface area (Å²) in [7, 11) is -3.94. The van der Waals surface area contributed by atoms with Crippen LogP contribution in [0.25, 0.3) is 0 Å². The molecule has 0 saturated heterocycles. The number of carbonyl (C=O) groups is 2. The average molecular weight is 445 g/mol. The number of nitrogens with one attached hydrogen (secondary N) is 2. The lowest BCUT2D eigenvalue weighted by molar-refractivity contribution is -0.139. The second-order valence-corrected chi connectivity index (χ2v) is 9.23. The number of hydrogen-bond donors (Lipinski definition) is 3. The molecule has 0 radical (unpaired) electrons. The molecule has 0 fully saturated rings. The van der Waals surface area contributed by atoms with Gasteiger partial charge in [0.05, 0.1) is 10.7 Å². The largest absolute Gasteiger partial charge is 0.482 e. The zero-order chi connectivity index (χ0) is 22.0. The summed E-state index contributed by atoms with van der Waals surface area (Å²) in [6.07, 6.45) is 0. The molecule has 0 saturated carbocycles. The fraction of sp³-hybridized carbons (Fsp3) is 0.333. The normalized spacial score (nSPS) is 11.9. The Hall–Kier alpha value is -2.56. The molecule has 0 aliphatic rings. The molecule has 0 bridgehead atoms. The number of aliphatic carboxylic acids is 1. The number of hydrogen-bond acceptors (Lipinski definition) is 6. The lowest BCUT2D eigenvalue weighted by Crippen LogP contribution is -2.40. The first-order chi connectivity index (χ1) is 13.3. The zero-order valence-electron chi connectivity index (χ0n) is 16.2. The van der Waals surface area contributed by atoms with Gasteiger partial charge in [0.1, 0.15) is 5.75 Å². The first-order valence-corrected chi connectivity index (χ1v) is 10.2. The zero-order valence-corrected chi connectivity index (χ0v) is 17.8. The van der Waals surface area contributed by atoms with Crippen LogP contribution >= 0.6 is 11.6 Å². The molecule has 29 heavy (non-hydrogen) atoms. The number of rotatable bonds is 7. The Morgan fingerprint density at radius 1 is 1.24 bits per heavy atom. The summed E-state index contributed by atoms with van der Waals surface area (Å²) >= 11 is 6.12. The number of carboxylic acid groups (broad SMARTS) is 1. The van der Waals surface area contributed by atoms with Crippen molar-refractivity contribution < 1.29 is 32.3 Å². The van der Waals surface area contributed by atoms with Crippen molar-refractivity contribution in [1.29, 1.82) is 0 Å². The smallest absolute Gasteiger partial charge is 0.341 e. The minimum Gasteiger partial charge on any atom is -0.482 e. The van der Waals surface area contributed by atoms with Crippen molar-refractivity contribution in [2.45, 2.75) is 38.3 Å². The topological polar surface area (TPSA) is 135 Å². The average Bonchev–Trinajstić information content (AvgIpc) is 3.05. The van der Waals surface area contributed by atoms with Gasteiger partial charge >= 0.3 is 5.97 Å². The second kappa shape index (κ2) is 8.44. The van der Waals surface area contributed by atoms with E-state index in [0.717, 1.165) is 0 Å². The van der Waals surface area contributed by atoms with E-state index in [1.165, 1.54) is 24.3 Å². The number of carboxylic acids is 1. The summed E-state index contributed by atoms with van der Waals surface area (Å²) in [5, 5.41) is 11.0. The minimum absolute atomic E-state index is 0.149. The van der Waals surface area contributed by atoms with Gasteiger partial charge in [-0.3, -0.25) is 4.79 Å². The maximum absolute atomic E-state index is 12.4. The van der Waals surface area contributed by atoms with E-state index in [1.54, 1.807) is 27.7 Å². The van der Waals surface area contributed by atoms with E-state index in [9.17, 15) is 18.0 Å². The summed E-state index contributed by atoms with van der Waals surface area (Å²) in [5.74, 6) is -1.91. The molecule has 9 nitrogen and oxygen atoms in total. The number of furan rings is 1. The van der Waals surface area contributed by atoms with Crippen molar-refractivity contribution in [3.8, 4) is 5.75 Å². The molecule has 0 aliphatic heterocycles. The lowest BCUT2D eigenvalue weighted by atomic mass is 10.1. The van der Waals surface area contributed by atoms with Crippen molar-refractivity contribution >= 4 is 39.2 Å². The van der Waals surface area contributed by atoms with E-state index in [2.05, 4.69) is 10.0 Å². The molecule has 158 valence electrons. The Morgan fingerprint density at radius 2 is 1.90 bits per heavy atom. The summed E-state index contributed by atoms with van der Waals surface area (Å²) in [4.78, 5) is 23.1. The van der Waals surface area contributed by atoms with E-state index in [0.29, 0.717) is 5.56 Å². The molecule has 1 heterocycles. The highest BCUT2D eigenvalue weighted by Crippen LogP contribution is 2.31. The number of aryl methyl sites for hydroxylation is 1.